The molecule has 1 aliphatic rings. The Morgan fingerprint density at radius 3 is 2.81 bits per heavy atom. The molecule has 3 N–H and O–H groups in total. The van der Waals surface area contributed by atoms with Gasteiger partial charge in [-0.1, -0.05) is 29.8 Å². The highest BCUT2D eigenvalue weighted by atomic mass is 16.3. The van der Waals surface area contributed by atoms with E-state index in [9.17, 15) is 10.2 Å². The number of aryl methyl sites for hydroxylation is 1. The molecule has 3 aromatic rings. The standard InChI is InChI=1S/C22H27N3O2/c1-15-4-6-16(7-5-15)11-17-3-2-10-25(13-21(17)27)14-22-23-19-9-8-18(26)12-20(19)24-22/h4-9,12,17,21,26-27H,2-3,10-11,13-14H2,1H3,(H,23,24)/t17-,21?/m1/s1. The molecule has 0 spiro atoms. The van der Waals surface area contributed by atoms with Gasteiger partial charge in [-0.3, -0.25) is 4.90 Å². The van der Waals surface area contributed by atoms with Crippen LogP contribution in [-0.4, -0.2) is 44.3 Å². The Morgan fingerprint density at radius 2 is 2.00 bits per heavy atom. The molecule has 5 nitrogen and oxygen atoms in total. The van der Waals surface area contributed by atoms with E-state index in [1.807, 2.05) is 6.07 Å². The molecule has 0 saturated carbocycles. The fourth-order valence-corrected chi connectivity index (χ4v) is 4.02. The zero-order valence-electron chi connectivity index (χ0n) is 15.7. The lowest BCUT2D eigenvalue weighted by Crippen LogP contribution is -2.34. The average molecular weight is 365 g/mol. The van der Waals surface area contributed by atoms with Crippen LogP contribution in [0.25, 0.3) is 11.0 Å². The molecular weight excluding hydrogens is 338 g/mol. The van der Waals surface area contributed by atoms with Gasteiger partial charge in [0.2, 0.25) is 0 Å². The first-order valence-corrected chi connectivity index (χ1v) is 9.70. The van der Waals surface area contributed by atoms with E-state index in [-0.39, 0.29) is 11.9 Å². The second-order valence-corrected chi connectivity index (χ2v) is 7.78. The number of rotatable bonds is 4. The molecule has 0 radical (unpaired) electrons. The van der Waals surface area contributed by atoms with E-state index in [0.717, 1.165) is 42.7 Å². The molecule has 5 heteroatoms. The summed E-state index contributed by atoms with van der Waals surface area (Å²) in [4.78, 5) is 10.2. The third-order valence-electron chi connectivity index (χ3n) is 5.55. The maximum Gasteiger partial charge on any atom is 0.121 e. The van der Waals surface area contributed by atoms with Gasteiger partial charge in [-0.05, 0) is 56.3 Å². The predicted molar refractivity (Wildman–Crippen MR) is 107 cm³/mol. The van der Waals surface area contributed by atoms with Crippen molar-refractivity contribution in [3.8, 4) is 5.75 Å². The Balaban J connectivity index is 1.41. The van der Waals surface area contributed by atoms with E-state index >= 15 is 0 Å². The van der Waals surface area contributed by atoms with Crippen molar-refractivity contribution in [3.05, 3.63) is 59.4 Å². The van der Waals surface area contributed by atoms with Gasteiger partial charge in [0.15, 0.2) is 0 Å². The Hall–Kier alpha value is -2.37. The summed E-state index contributed by atoms with van der Waals surface area (Å²) in [6.45, 7) is 4.41. The van der Waals surface area contributed by atoms with Crippen molar-refractivity contribution >= 4 is 11.0 Å². The lowest BCUT2D eigenvalue weighted by Gasteiger charge is -2.24. The van der Waals surface area contributed by atoms with Gasteiger partial charge in [-0.2, -0.15) is 0 Å². The van der Waals surface area contributed by atoms with Gasteiger partial charge in [-0.25, -0.2) is 4.98 Å². The molecule has 142 valence electrons. The van der Waals surface area contributed by atoms with Crippen LogP contribution in [0.2, 0.25) is 0 Å². The number of aromatic amines is 1. The van der Waals surface area contributed by atoms with Crippen LogP contribution in [0, 0.1) is 12.8 Å². The molecule has 0 bridgehead atoms. The summed E-state index contributed by atoms with van der Waals surface area (Å²) < 4.78 is 0. The predicted octanol–water partition coefficient (Wildman–Crippen LogP) is 3.39. The molecule has 2 heterocycles. The summed E-state index contributed by atoms with van der Waals surface area (Å²) in [5.74, 6) is 1.41. The van der Waals surface area contributed by atoms with Crippen molar-refractivity contribution in [2.75, 3.05) is 13.1 Å². The number of H-pyrrole nitrogens is 1. The Bertz CT molecular complexity index is 904. The number of fused-ring (bicyclic) bond motifs is 1. The molecule has 1 saturated heterocycles. The summed E-state index contributed by atoms with van der Waals surface area (Å²) in [6, 6.07) is 13.8. The smallest absolute Gasteiger partial charge is 0.121 e. The lowest BCUT2D eigenvalue weighted by atomic mass is 9.90. The van der Waals surface area contributed by atoms with Crippen molar-refractivity contribution in [1.29, 1.82) is 0 Å². The summed E-state index contributed by atoms with van der Waals surface area (Å²) in [5, 5.41) is 20.4. The molecule has 2 atom stereocenters. The summed E-state index contributed by atoms with van der Waals surface area (Å²) in [6.07, 6.45) is 2.72. The molecule has 1 aliphatic heterocycles. The third-order valence-corrected chi connectivity index (χ3v) is 5.55. The highest BCUT2D eigenvalue weighted by molar-refractivity contribution is 5.76. The highest BCUT2D eigenvalue weighted by Crippen LogP contribution is 2.24. The number of aromatic nitrogens is 2. The summed E-state index contributed by atoms with van der Waals surface area (Å²) in [7, 11) is 0. The van der Waals surface area contributed by atoms with Gasteiger partial charge in [-0.15, -0.1) is 0 Å². The number of nitrogens with one attached hydrogen (secondary N) is 1. The second kappa shape index (κ2) is 7.71. The maximum atomic E-state index is 10.8. The summed E-state index contributed by atoms with van der Waals surface area (Å²) >= 11 is 0. The van der Waals surface area contributed by atoms with E-state index in [0.29, 0.717) is 19.0 Å². The first kappa shape index (κ1) is 18.0. The minimum Gasteiger partial charge on any atom is -0.508 e. The number of hydrogen-bond donors (Lipinski definition) is 3. The van der Waals surface area contributed by atoms with Gasteiger partial charge in [0.1, 0.15) is 11.6 Å². The highest BCUT2D eigenvalue weighted by Gasteiger charge is 2.26. The van der Waals surface area contributed by atoms with Crippen LogP contribution in [0.15, 0.2) is 42.5 Å². The average Bonchev–Trinajstić information content (AvgIpc) is 2.95. The molecule has 27 heavy (non-hydrogen) atoms. The third kappa shape index (κ3) is 4.31. The van der Waals surface area contributed by atoms with Crippen LogP contribution in [-0.2, 0) is 13.0 Å². The van der Waals surface area contributed by atoms with Crippen molar-refractivity contribution in [2.24, 2.45) is 5.92 Å². The van der Waals surface area contributed by atoms with E-state index in [2.05, 4.69) is 46.1 Å². The van der Waals surface area contributed by atoms with Crippen molar-refractivity contribution in [2.45, 2.75) is 38.8 Å². The fraction of sp³-hybridized carbons (Fsp3) is 0.409. The molecule has 1 unspecified atom stereocenters. The number of aromatic hydroxyl groups is 1. The topological polar surface area (TPSA) is 72.4 Å². The van der Waals surface area contributed by atoms with Gasteiger partial charge >= 0.3 is 0 Å². The van der Waals surface area contributed by atoms with E-state index in [1.54, 1.807) is 12.1 Å². The molecule has 0 amide bonds. The minimum atomic E-state index is -0.331. The van der Waals surface area contributed by atoms with Gasteiger partial charge in [0.05, 0.1) is 23.7 Å². The van der Waals surface area contributed by atoms with Crippen molar-refractivity contribution in [1.82, 2.24) is 14.9 Å². The Kier molecular flexibility index (Phi) is 5.14. The van der Waals surface area contributed by atoms with E-state index in [4.69, 9.17) is 0 Å². The number of nitrogens with zero attached hydrogens (tertiary/aromatic N) is 2. The lowest BCUT2D eigenvalue weighted by molar-refractivity contribution is 0.0762. The fourth-order valence-electron chi connectivity index (χ4n) is 4.02. The quantitative estimate of drug-likeness (QED) is 0.663. The largest absolute Gasteiger partial charge is 0.508 e. The normalized spacial score (nSPS) is 21.4. The molecule has 0 aliphatic carbocycles. The number of phenolic OH excluding ortho intramolecular Hbond substituents is 1. The van der Waals surface area contributed by atoms with Crippen molar-refractivity contribution < 1.29 is 10.2 Å². The SMILES string of the molecule is Cc1ccc(C[C@H]2CCCN(Cc3nc4ccc(O)cc4[nH]3)CC2O)cc1. The minimum absolute atomic E-state index is 0.238. The zero-order chi connectivity index (χ0) is 18.8. The van der Waals surface area contributed by atoms with E-state index in [1.165, 1.54) is 11.1 Å². The summed E-state index contributed by atoms with van der Waals surface area (Å²) in [5.41, 5.74) is 4.27. The monoisotopic (exact) mass is 365 g/mol. The van der Waals surface area contributed by atoms with Crippen LogP contribution < -0.4 is 0 Å². The van der Waals surface area contributed by atoms with Gasteiger partial charge in [0, 0.05) is 12.6 Å². The number of likely N-dealkylation sites (tertiary alicyclic amines) is 1. The molecule has 4 rings (SSSR count). The molecule has 1 aromatic heterocycles. The number of benzene rings is 2. The van der Waals surface area contributed by atoms with Gasteiger partial charge < -0.3 is 15.2 Å². The van der Waals surface area contributed by atoms with E-state index < -0.39 is 0 Å². The number of hydrogen-bond acceptors (Lipinski definition) is 4. The first-order chi connectivity index (χ1) is 13.1. The Morgan fingerprint density at radius 1 is 1.19 bits per heavy atom. The first-order valence-electron chi connectivity index (χ1n) is 9.70. The molecule has 2 aromatic carbocycles. The van der Waals surface area contributed by atoms with Crippen LogP contribution >= 0.6 is 0 Å². The molecular formula is C22H27N3O2. The van der Waals surface area contributed by atoms with Crippen molar-refractivity contribution in [3.63, 3.8) is 0 Å². The number of β-amino-alcohol motifs (C(OH)–C–C–N with tert-alkyl or cyclic N) is 1. The van der Waals surface area contributed by atoms with Gasteiger partial charge in [0.25, 0.3) is 0 Å². The second-order valence-electron chi connectivity index (χ2n) is 7.78. The van der Waals surface area contributed by atoms with Crippen LogP contribution in [0.5, 0.6) is 5.75 Å². The van der Waals surface area contributed by atoms with Crippen LogP contribution in [0.4, 0.5) is 0 Å². The number of aliphatic hydroxyl groups is 1. The maximum absolute atomic E-state index is 10.8. The van der Waals surface area contributed by atoms with Crippen LogP contribution in [0.1, 0.15) is 29.8 Å². The Labute approximate surface area is 159 Å². The van der Waals surface area contributed by atoms with Crippen LogP contribution in [0.3, 0.4) is 0 Å². The molecule has 1 fully saturated rings. The number of imidazole rings is 1. The number of aliphatic hydroxyl groups excluding tert-OH is 1. The zero-order valence-corrected chi connectivity index (χ0v) is 15.7. The number of phenols is 1.